The van der Waals surface area contributed by atoms with Gasteiger partial charge in [-0.1, -0.05) is 104 Å². The Kier molecular flexibility index (Phi) is 30.9. The van der Waals surface area contributed by atoms with Crippen molar-refractivity contribution in [3.8, 4) is 5.75 Å². The van der Waals surface area contributed by atoms with Crippen molar-refractivity contribution in [3.05, 3.63) is 118 Å². The highest BCUT2D eigenvalue weighted by molar-refractivity contribution is 6.35. The first-order valence-electron chi connectivity index (χ1n) is 35.0. The summed E-state index contributed by atoms with van der Waals surface area (Å²) in [5.41, 5.74) is 7.25. The largest absolute Gasteiger partial charge is 0.495 e. The Morgan fingerprint density at radius 1 is 0.931 bits per heavy atom. The molecule has 0 radical (unpaired) electrons. The summed E-state index contributed by atoms with van der Waals surface area (Å²) in [7, 11) is 7.90. The Bertz CT molecular complexity index is 3530. The zero-order valence-corrected chi connectivity index (χ0v) is 60.9. The number of carboxylic acid groups (broad SMARTS) is 1. The topological polar surface area (TPSA) is 322 Å². The molecule has 25 nitrogen and oxygen atoms in total. The van der Waals surface area contributed by atoms with Crippen molar-refractivity contribution in [1.82, 2.24) is 30.3 Å². The van der Waals surface area contributed by atoms with Crippen LogP contribution in [0.25, 0.3) is 10.9 Å². The number of nitrogens with zero attached hydrogens (tertiary/aromatic N) is 4. The standard InChI is InChI=1S/C75H105ClN8O17/c1-11-81(6)47-56-42-54-23-15-16-25-58(54)84(56)33-29-57(85)39-51(27-28-67(89)90)46-78-32-35-98-37-36-97-34-30-65(87)79-69(53-21-13-12-14-22-53)60(86)43-55(24-17-18-31-77)71(91)82(7)50(4)72(92)100-64-44-66(88)83(8)59-40-52(41-61(95-9)68(59)76)38-48(2)20-19-26-63(96-10)75(94)45-62(99-73(93)80-75)49(3)70-74(64,5)101-70/h12-16,19-23,25-26,40-42,49-51,55,62-64,69-70,78,94H,11,17-18,24,27-39,43-47,77H2,1-10H3,(H,79,87)(H,80,93)(H,89,90)/b26-19+,48-20+/t49-,50+,51-,55-,62+,63-,64+,69+,70+,74-,75+/m1/s1. The van der Waals surface area contributed by atoms with Crippen LogP contribution in [0.3, 0.4) is 0 Å². The number of carbonyl (C=O) groups excluding carboxylic acids is 7. The number of halogens is 1. The number of carboxylic acids is 1. The maximum atomic E-state index is 14.8. The summed E-state index contributed by atoms with van der Waals surface area (Å²) in [5, 5.41) is 31.5. The van der Waals surface area contributed by atoms with Crippen molar-refractivity contribution in [2.75, 3.05) is 92.9 Å². The molecule has 11 atom stereocenters. The molecule has 4 amide bonds. The molecule has 3 aliphatic heterocycles. The number of ether oxygens (including phenoxy) is 7. The van der Waals surface area contributed by atoms with E-state index in [9.17, 15) is 48.6 Å². The van der Waals surface area contributed by atoms with E-state index in [1.165, 1.54) is 45.0 Å². The number of hydrogen-bond acceptors (Lipinski definition) is 19. The number of allylic oxidation sites excluding steroid dienone is 3. The highest BCUT2D eigenvalue weighted by Crippen LogP contribution is 2.49. The monoisotopic (exact) mass is 1420 g/mol. The molecule has 3 aliphatic rings. The van der Waals surface area contributed by atoms with Crippen LogP contribution in [-0.2, 0) is 81.5 Å². The van der Waals surface area contributed by atoms with E-state index in [-0.39, 0.29) is 75.1 Å². The summed E-state index contributed by atoms with van der Waals surface area (Å²) in [6, 6.07) is 20.0. The average molecular weight is 1430 g/mol. The SMILES string of the molecule is CCN(C)Cc1cc2ccccc2n1CCC(=O)C[C@@H](CCC(=O)O)CNCCOCCOCCC(=O)N[C@H](C(=O)C[C@@H](CCCCN)C(=O)N(C)[C@@H](C)C(=O)O[C@H]1CC(=O)N(C)c2cc(cc(OC)c2Cl)C/C(C)=C/C=C/[C@@H](OC)[C@@]2(O)C[C@H](OC(=O)N2)[C@@H](C)[C@@H]2O[C@]12C)c1ccccc1. The number of carbonyl (C=O) groups is 8. The molecule has 7 rings (SSSR count). The number of unbranched alkanes of at least 4 members (excludes halogenated alkanes) is 1. The fraction of sp³-hybridized carbons (Fsp3) is 0.573. The molecule has 2 saturated heterocycles. The summed E-state index contributed by atoms with van der Waals surface area (Å²) in [6.45, 7) is 13.0. The number of fused-ring (bicyclic) bond motifs is 6. The van der Waals surface area contributed by atoms with Crippen LogP contribution in [0.1, 0.15) is 128 Å². The number of methoxy groups -OCH3 is 2. The molecule has 4 aromatic rings. The van der Waals surface area contributed by atoms with Crippen molar-refractivity contribution in [1.29, 1.82) is 0 Å². The van der Waals surface area contributed by atoms with Gasteiger partial charge in [0.25, 0.3) is 0 Å². The number of nitrogens with one attached hydrogen (secondary N) is 3. The average Bonchev–Trinajstić information content (AvgIpc) is 1.57. The molecule has 4 heterocycles. The lowest BCUT2D eigenvalue weighted by molar-refractivity contribution is -0.163. The van der Waals surface area contributed by atoms with Gasteiger partial charge in [0, 0.05) is 102 Å². The van der Waals surface area contributed by atoms with Gasteiger partial charge in [-0.2, -0.15) is 0 Å². The zero-order valence-electron chi connectivity index (χ0n) is 60.2. The minimum Gasteiger partial charge on any atom is -0.495 e. The number of aliphatic carboxylic acids is 1. The van der Waals surface area contributed by atoms with Crippen molar-refractivity contribution >= 4 is 75.5 Å². The molecule has 3 aromatic carbocycles. The molecule has 7 N–H and O–H groups in total. The van der Waals surface area contributed by atoms with Crippen molar-refractivity contribution in [2.45, 2.75) is 173 Å². The van der Waals surface area contributed by atoms with Crippen LogP contribution in [0.2, 0.25) is 5.02 Å². The Balaban J connectivity index is 0.942. The third-order valence-corrected chi connectivity index (χ3v) is 19.9. The third-order valence-electron chi connectivity index (χ3n) is 19.5. The second-order valence-electron chi connectivity index (χ2n) is 27.1. The predicted octanol–water partition coefficient (Wildman–Crippen LogP) is 8.03. The second-order valence-corrected chi connectivity index (χ2v) is 27.4. The normalized spacial score (nSPS) is 22.9. The number of epoxide rings is 1. The van der Waals surface area contributed by atoms with E-state index in [0.29, 0.717) is 81.9 Å². The van der Waals surface area contributed by atoms with E-state index in [4.69, 9.17) is 50.5 Å². The maximum absolute atomic E-state index is 14.8. The number of alkyl carbamates (subject to hydrolysis) is 1. The molecular weight excluding hydrogens is 1320 g/mol. The van der Waals surface area contributed by atoms with Gasteiger partial charge in [-0.05, 0) is 120 Å². The zero-order chi connectivity index (χ0) is 73.6. The minimum absolute atomic E-state index is 0.0101. The summed E-state index contributed by atoms with van der Waals surface area (Å²) in [5.74, 6) is -5.24. The first kappa shape index (κ1) is 80.7. The van der Waals surface area contributed by atoms with Crippen LogP contribution in [0.5, 0.6) is 5.75 Å². The Morgan fingerprint density at radius 2 is 1.65 bits per heavy atom. The molecule has 554 valence electrons. The van der Waals surface area contributed by atoms with Gasteiger partial charge in [0.05, 0.1) is 51.7 Å². The van der Waals surface area contributed by atoms with E-state index < -0.39 is 108 Å². The summed E-state index contributed by atoms with van der Waals surface area (Å²) >= 11 is 6.90. The summed E-state index contributed by atoms with van der Waals surface area (Å²) in [4.78, 5) is 115. The van der Waals surface area contributed by atoms with Crippen molar-refractivity contribution in [2.24, 2.45) is 23.5 Å². The number of hydrogen-bond donors (Lipinski definition) is 6. The van der Waals surface area contributed by atoms with E-state index in [1.54, 1.807) is 68.5 Å². The van der Waals surface area contributed by atoms with Crippen LogP contribution >= 0.6 is 11.6 Å². The smallest absolute Gasteiger partial charge is 0.409 e. The van der Waals surface area contributed by atoms with Gasteiger partial charge in [0.2, 0.25) is 17.7 Å². The number of amides is 4. The highest BCUT2D eigenvalue weighted by atomic mass is 35.5. The van der Waals surface area contributed by atoms with Gasteiger partial charge in [-0.3, -0.25) is 34.1 Å². The molecule has 2 fully saturated rings. The number of aryl methyl sites for hydroxylation is 1. The van der Waals surface area contributed by atoms with Crippen LogP contribution in [0.15, 0.2) is 96.6 Å². The number of nitrogens with two attached hydrogens (primary N) is 1. The van der Waals surface area contributed by atoms with Gasteiger partial charge < -0.3 is 79.0 Å². The number of rotatable bonds is 37. The molecule has 26 heteroatoms. The van der Waals surface area contributed by atoms with E-state index in [2.05, 4.69) is 57.6 Å². The number of Topliss-reactive ketones (excluding diaryl/α,β-unsaturated/α-hetero) is 2. The number of aromatic nitrogens is 1. The van der Waals surface area contributed by atoms with E-state index in [0.717, 1.165) is 40.8 Å². The maximum Gasteiger partial charge on any atom is 0.409 e. The lowest BCUT2D eigenvalue weighted by Crippen LogP contribution is -2.63. The molecule has 0 saturated carbocycles. The lowest BCUT2D eigenvalue weighted by atomic mass is 9.83. The number of aliphatic hydroxyl groups is 1. The molecule has 1 aromatic heterocycles. The fourth-order valence-electron chi connectivity index (χ4n) is 13.2. The van der Waals surface area contributed by atoms with Gasteiger partial charge in [0.15, 0.2) is 11.5 Å². The number of likely N-dealkylation sites (N-methyl/N-ethyl adjacent to an activating group) is 1. The summed E-state index contributed by atoms with van der Waals surface area (Å²) in [6.07, 6.45) is 1.70. The van der Waals surface area contributed by atoms with Crippen LogP contribution in [-0.4, -0.2) is 202 Å². The number of anilines is 1. The molecule has 0 unspecified atom stereocenters. The molecule has 4 bridgehead atoms. The fourth-order valence-corrected chi connectivity index (χ4v) is 13.5. The van der Waals surface area contributed by atoms with Crippen molar-refractivity contribution < 1.29 is 81.7 Å². The van der Waals surface area contributed by atoms with Gasteiger partial charge in [-0.15, -0.1) is 0 Å². The lowest BCUT2D eigenvalue weighted by Gasteiger charge is -2.42. The second kappa shape index (κ2) is 38.6. The van der Waals surface area contributed by atoms with E-state index >= 15 is 0 Å². The Morgan fingerprint density at radius 3 is 2.36 bits per heavy atom. The van der Waals surface area contributed by atoms with Gasteiger partial charge in [0.1, 0.15) is 52.6 Å². The molecule has 0 aliphatic carbocycles. The number of esters is 1. The third kappa shape index (κ3) is 22.7. The number of para-hydroxylation sites is 1. The minimum atomic E-state index is -1.92. The van der Waals surface area contributed by atoms with Crippen LogP contribution in [0, 0.1) is 17.8 Å². The van der Waals surface area contributed by atoms with Crippen molar-refractivity contribution in [3.63, 3.8) is 0 Å². The Hall–Kier alpha value is -7.59. The van der Waals surface area contributed by atoms with Gasteiger partial charge >= 0.3 is 18.0 Å². The van der Waals surface area contributed by atoms with Crippen LogP contribution in [0.4, 0.5) is 10.5 Å². The molecular formula is C75H105ClN8O17. The predicted molar refractivity (Wildman–Crippen MR) is 382 cm³/mol. The van der Waals surface area contributed by atoms with Gasteiger partial charge in [-0.25, -0.2) is 9.59 Å². The number of benzene rings is 3. The quantitative estimate of drug-likeness (QED) is 0.0141. The number of ketones is 2. The molecule has 0 spiro atoms. The van der Waals surface area contributed by atoms with E-state index in [1.807, 2.05) is 25.1 Å². The summed E-state index contributed by atoms with van der Waals surface area (Å²) < 4.78 is 43.6. The first-order chi connectivity index (χ1) is 48.2. The van der Waals surface area contributed by atoms with Crippen LogP contribution < -0.4 is 31.3 Å². The Labute approximate surface area is 598 Å². The first-order valence-corrected chi connectivity index (χ1v) is 35.4. The highest BCUT2D eigenvalue weighted by Gasteiger charge is 2.64. The molecule has 101 heavy (non-hydrogen) atoms.